The molecule has 0 aliphatic carbocycles. The SMILES string of the molecule is CC(C)(C)OC(=O)N1CCN2C(=O)N(c3ccc([N+](=O)[O-])cc3Cl)C(=O)C2C1. The number of halogens is 1. The van der Waals surface area contributed by atoms with Gasteiger partial charge in [0, 0.05) is 25.2 Å². The summed E-state index contributed by atoms with van der Waals surface area (Å²) >= 11 is 6.08. The van der Waals surface area contributed by atoms with Gasteiger partial charge in [-0.15, -0.1) is 0 Å². The molecule has 10 nitrogen and oxygen atoms in total. The van der Waals surface area contributed by atoms with Gasteiger partial charge in [-0.05, 0) is 26.8 Å². The van der Waals surface area contributed by atoms with Gasteiger partial charge in [0.15, 0.2) is 0 Å². The zero-order chi connectivity index (χ0) is 20.8. The van der Waals surface area contributed by atoms with E-state index in [-0.39, 0.29) is 36.0 Å². The molecule has 1 unspecified atom stereocenters. The Balaban J connectivity index is 1.82. The van der Waals surface area contributed by atoms with Crippen molar-refractivity contribution in [2.24, 2.45) is 0 Å². The third-order valence-corrected chi connectivity index (χ3v) is 4.66. The highest BCUT2D eigenvalue weighted by atomic mass is 35.5. The number of fused-ring (bicyclic) bond motifs is 1. The summed E-state index contributed by atoms with van der Waals surface area (Å²) < 4.78 is 5.33. The van der Waals surface area contributed by atoms with E-state index < -0.39 is 34.6 Å². The van der Waals surface area contributed by atoms with Gasteiger partial charge in [-0.1, -0.05) is 11.6 Å². The van der Waals surface area contributed by atoms with Crippen molar-refractivity contribution in [1.29, 1.82) is 0 Å². The Kier molecular flexibility index (Phi) is 4.92. The highest BCUT2D eigenvalue weighted by Gasteiger charge is 2.50. The van der Waals surface area contributed by atoms with Crippen molar-refractivity contribution in [3.05, 3.63) is 33.3 Å². The number of hydrogen-bond donors (Lipinski definition) is 0. The minimum absolute atomic E-state index is 0.000582. The van der Waals surface area contributed by atoms with E-state index >= 15 is 0 Å². The maximum absolute atomic E-state index is 12.9. The van der Waals surface area contributed by atoms with Crippen molar-refractivity contribution < 1.29 is 24.0 Å². The van der Waals surface area contributed by atoms with Crippen LogP contribution in [0, 0.1) is 10.1 Å². The van der Waals surface area contributed by atoms with E-state index in [4.69, 9.17) is 16.3 Å². The second kappa shape index (κ2) is 6.93. The number of carbonyl (C=O) groups is 3. The average Bonchev–Trinajstić information content (AvgIpc) is 2.84. The predicted molar refractivity (Wildman–Crippen MR) is 99.3 cm³/mol. The van der Waals surface area contributed by atoms with Crippen LogP contribution in [0.2, 0.25) is 5.02 Å². The van der Waals surface area contributed by atoms with Gasteiger partial charge < -0.3 is 14.5 Å². The summed E-state index contributed by atoms with van der Waals surface area (Å²) in [4.78, 5) is 51.8. The summed E-state index contributed by atoms with van der Waals surface area (Å²) in [7, 11) is 0. The predicted octanol–water partition coefficient (Wildman–Crippen LogP) is 2.64. The van der Waals surface area contributed by atoms with Crippen LogP contribution in [0.25, 0.3) is 0 Å². The van der Waals surface area contributed by atoms with Crippen LogP contribution in [0.15, 0.2) is 18.2 Å². The molecule has 11 heteroatoms. The number of nitro benzene ring substituents is 1. The van der Waals surface area contributed by atoms with Crippen molar-refractivity contribution in [2.75, 3.05) is 24.5 Å². The molecule has 0 bridgehead atoms. The van der Waals surface area contributed by atoms with Gasteiger partial charge in [-0.2, -0.15) is 0 Å². The van der Waals surface area contributed by atoms with E-state index in [9.17, 15) is 24.5 Å². The zero-order valence-corrected chi connectivity index (χ0v) is 16.3. The number of anilines is 1. The molecular weight excluding hydrogens is 392 g/mol. The fourth-order valence-electron chi connectivity index (χ4n) is 3.10. The largest absolute Gasteiger partial charge is 0.444 e. The van der Waals surface area contributed by atoms with Gasteiger partial charge in [-0.25, -0.2) is 14.5 Å². The van der Waals surface area contributed by atoms with E-state index in [1.165, 1.54) is 21.9 Å². The van der Waals surface area contributed by atoms with Crippen molar-refractivity contribution in [3.8, 4) is 0 Å². The van der Waals surface area contributed by atoms with Gasteiger partial charge in [0.25, 0.3) is 11.6 Å². The summed E-state index contributed by atoms with van der Waals surface area (Å²) in [5, 5.41) is 10.8. The molecule has 0 spiro atoms. The molecule has 150 valence electrons. The second-order valence-electron chi connectivity index (χ2n) is 7.48. The Labute approximate surface area is 165 Å². The molecule has 0 aromatic heterocycles. The maximum atomic E-state index is 12.9. The summed E-state index contributed by atoms with van der Waals surface area (Å²) in [6, 6.07) is 2.09. The topological polar surface area (TPSA) is 113 Å². The molecular formula is C17H19ClN4O6. The summed E-state index contributed by atoms with van der Waals surface area (Å²) in [6.45, 7) is 5.61. The van der Waals surface area contributed by atoms with Crippen LogP contribution in [-0.4, -0.2) is 64.0 Å². The van der Waals surface area contributed by atoms with E-state index in [2.05, 4.69) is 0 Å². The lowest BCUT2D eigenvalue weighted by Crippen LogP contribution is -2.55. The first-order chi connectivity index (χ1) is 13.0. The number of ether oxygens (including phenoxy) is 1. The maximum Gasteiger partial charge on any atom is 0.410 e. The molecule has 2 fully saturated rings. The Morgan fingerprint density at radius 2 is 1.96 bits per heavy atom. The van der Waals surface area contributed by atoms with Crippen molar-refractivity contribution in [2.45, 2.75) is 32.4 Å². The number of nitrogens with zero attached hydrogens (tertiary/aromatic N) is 4. The van der Waals surface area contributed by atoms with Gasteiger partial charge in [0.05, 0.1) is 22.2 Å². The minimum Gasteiger partial charge on any atom is -0.444 e. The molecule has 1 aromatic carbocycles. The molecule has 1 aromatic rings. The first-order valence-electron chi connectivity index (χ1n) is 8.56. The molecule has 0 N–H and O–H groups in total. The lowest BCUT2D eigenvalue weighted by molar-refractivity contribution is -0.384. The van der Waals surface area contributed by atoms with E-state index in [0.717, 1.165) is 11.0 Å². The van der Waals surface area contributed by atoms with Crippen LogP contribution in [0.1, 0.15) is 20.8 Å². The molecule has 28 heavy (non-hydrogen) atoms. The smallest absolute Gasteiger partial charge is 0.410 e. The third-order valence-electron chi connectivity index (χ3n) is 4.36. The van der Waals surface area contributed by atoms with Crippen molar-refractivity contribution in [1.82, 2.24) is 9.80 Å². The Bertz CT molecular complexity index is 868. The highest BCUT2D eigenvalue weighted by Crippen LogP contribution is 2.35. The van der Waals surface area contributed by atoms with E-state index in [0.29, 0.717) is 0 Å². The average molecular weight is 411 g/mol. The Morgan fingerprint density at radius 1 is 1.29 bits per heavy atom. The second-order valence-corrected chi connectivity index (χ2v) is 7.89. The number of amides is 4. The number of non-ortho nitro benzene ring substituents is 1. The van der Waals surface area contributed by atoms with Gasteiger partial charge >= 0.3 is 12.1 Å². The molecule has 2 saturated heterocycles. The summed E-state index contributed by atoms with van der Waals surface area (Å²) in [5.41, 5.74) is -0.857. The van der Waals surface area contributed by atoms with Crippen LogP contribution >= 0.6 is 11.6 Å². The fraction of sp³-hybridized carbons (Fsp3) is 0.471. The fourth-order valence-corrected chi connectivity index (χ4v) is 3.36. The molecule has 0 saturated carbocycles. The van der Waals surface area contributed by atoms with Crippen LogP contribution in [0.5, 0.6) is 0 Å². The molecule has 0 radical (unpaired) electrons. The Hall–Kier alpha value is -2.88. The Morgan fingerprint density at radius 3 is 2.54 bits per heavy atom. The normalized spacial score (nSPS) is 19.7. The molecule has 2 aliphatic rings. The van der Waals surface area contributed by atoms with Gasteiger partial charge in [-0.3, -0.25) is 14.9 Å². The van der Waals surface area contributed by atoms with E-state index in [1.54, 1.807) is 20.8 Å². The third kappa shape index (κ3) is 3.59. The quantitative estimate of drug-likeness (QED) is 0.420. The lowest BCUT2D eigenvalue weighted by Gasteiger charge is -2.36. The number of carbonyl (C=O) groups excluding carboxylic acids is 3. The molecule has 2 aliphatic heterocycles. The van der Waals surface area contributed by atoms with Crippen LogP contribution in [0.4, 0.5) is 21.0 Å². The number of hydrogen-bond acceptors (Lipinski definition) is 6. The first-order valence-corrected chi connectivity index (χ1v) is 8.94. The highest BCUT2D eigenvalue weighted by molar-refractivity contribution is 6.36. The number of urea groups is 1. The number of benzene rings is 1. The number of piperazine rings is 1. The molecule has 1 atom stereocenters. The number of imide groups is 1. The monoisotopic (exact) mass is 410 g/mol. The van der Waals surface area contributed by atoms with Gasteiger partial charge in [0.2, 0.25) is 0 Å². The van der Waals surface area contributed by atoms with Crippen molar-refractivity contribution in [3.63, 3.8) is 0 Å². The molecule has 4 amide bonds. The molecule has 2 heterocycles. The van der Waals surface area contributed by atoms with Crippen molar-refractivity contribution >= 4 is 41.0 Å². The number of nitro groups is 1. The van der Waals surface area contributed by atoms with Crippen LogP contribution in [-0.2, 0) is 9.53 Å². The lowest BCUT2D eigenvalue weighted by atomic mass is 10.2. The standard InChI is InChI=1S/C17H19ClN4O6/c1-17(2,3)28-16(25)19-6-7-20-13(9-19)14(23)21(15(20)24)12-5-4-10(22(26)27)8-11(12)18/h4-5,8,13H,6-7,9H2,1-3H3. The summed E-state index contributed by atoms with van der Waals surface area (Å²) in [6.07, 6.45) is -0.556. The minimum atomic E-state index is -0.861. The number of rotatable bonds is 2. The molecule has 3 rings (SSSR count). The summed E-state index contributed by atoms with van der Waals surface area (Å²) in [5.74, 6) is -0.547. The van der Waals surface area contributed by atoms with E-state index in [1.807, 2.05) is 0 Å². The van der Waals surface area contributed by atoms with Crippen LogP contribution in [0.3, 0.4) is 0 Å². The van der Waals surface area contributed by atoms with Crippen LogP contribution < -0.4 is 4.90 Å². The van der Waals surface area contributed by atoms with Gasteiger partial charge in [0.1, 0.15) is 11.6 Å². The zero-order valence-electron chi connectivity index (χ0n) is 15.5. The first kappa shape index (κ1) is 19.9.